The molecule has 0 spiro atoms. The van der Waals surface area contributed by atoms with E-state index in [0.29, 0.717) is 12.0 Å². The van der Waals surface area contributed by atoms with Crippen molar-refractivity contribution in [3.05, 3.63) is 45.3 Å². The third-order valence-electron chi connectivity index (χ3n) is 1.82. The molecular weight excluding hydrogens is 205 g/mol. The molecule has 0 amide bonds. The van der Waals surface area contributed by atoms with E-state index in [1.165, 1.54) is 6.07 Å². The summed E-state index contributed by atoms with van der Waals surface area (Å²) in [7, 11) is 0. The molecule has 0 fully saturated rings. The summed E-state index contributed by atoms with van der Waals surface area (Å²) in [6.07, 6.45) is 0.394. The van der Waals surface area contributed by atoms with Crippen molar-refractivity contribution in [2.24, 2.45) is 0 Å². The highest BCUT2D eigenvalue weighted by atomic mass is 19.1. The molecule has 0 aliphatic heterocycles. The lowest BCUT2D eigenvalue weighted by Crippen LogP contribution is -2.11. The molecule has 0 atom stereocenters. The van der Waals surface area contributed by atoms with E-state index in [9.17, 15) is 19.3 Å². The van der Waals surface area contributed by atoms with Crippen molar-refractivity contribution in [3.8, 4) is 0 Å². The number of aryl methyl sites for hydroxylation is 1. The zero-order valence-electron chi connectivity index (χ0n) is 7.90. The third-order valence-corrected chi connectivity index (χ3v) is 1.82. The molecule has 0 bridgehead atoms. The highest BCUT2D eigenvalue weighted by Crippen LogP contribution is 2.12. The number of nitrogens with zero attached hydrogens (tertiary/aromatic N) is 1. The van der Waals surface area contributed by atoms with Gasteiger partial charge in [-0.05, 0) is 30.2 Å². The molecular formula is C9H8FNO4. The molecule has 0 heterocycles. The number of halogens is 1. The Hall–Kier alpha value is -1.98. The zero-order valence-corrected chi connectivity index (χ0v) is 7.90. The largest absolute Gasteiger partial charge is 0.334 e. The van der Waals surface area contributed by atoms with Crippen molar-refractivity contribution < 1.29 is 19.1 Å². The molecule has 0 aromatic heterocycles. The van der Waals surface area contributed by atoms with Gasteiger partial charge in [0.05, 0.1) is 0 Å². The van der Waals surface area contributed by atoms with Crippen molar-refractivity contribution in [2.45, 2.75) is 13.3 Å². The molecule has 6 heteroatoms. The lowest BCUT2D eigenvalue weighted by atomic mass is 10.1. The monoisotopic (exact) mass is 213 g/mol. The van der Waals surface area contributed by atoms with Crippen molar-refractivity contribution in [1.82, 2.24) is 0 Å². The van der Waals surface area contributed by atoms with Crippen LogP contribution in [0.3, 0.4) is 0 Å². The van der Waals surface area contributed by atoms with Gasteiger partial charge in [0.15, 0.2) is 0 Å². The summed E-state index contributed by atoms with van der Waals surface area (Å²) in [6.45, 7) is 1.71. The SMILES string of the molecule is CCc1cc(C(=O)O[N+](=O)[O-])ccc1F. The molecule has 0 aliphatic rings. The van der Waals surface area contributed by atoms with E-state index < -0.39 is 16.9 Å². The van der Waals surface area contributed by atoms with Crippen molar-refractivity contribution in [2.75, 3.05) is 0 Å². The molecule has 0 unspecified atom stereocenters. The van der Waals surface area contributed by atoms with Gasteiger partial charge in [-0.3, -0.25) is 4.79 Å². The van der Waals surface area contributed by atoms with Crippen LogP contribution in [0.25, 0.3) is 0 Å². The summed E-state index contributed by atoms with van der Waals surface area (Å²) in [6, 6.07) is 3.46. The molecule has 5 nitrogen and oxygen atoms in total. The van der Waals surface area contributed by atoms with Gasteiger partial charge in [0.25, 0.3) is 0 Å². The van der Waals surface area contributed by atoms with Crippen LogP contribution in [0.1, 0.15) is 22.8 Å². The van der Waals surface area contributed by atoms with E-state index >= 15 is 0 Å². The van der Waals surface area contributed by atoms with E-state index in [1.54, 1.807) is 6.92 Å². The maximum absolute atomic E-state index is 13.0. The summed E-state index contributed by atoms with van der Waals surface area (Å²) >= 11 is 0. The maximum Gasteiger partial charge on any atom is 0.334 e. The first kappa shape index (κ1) is 11.1. The number of hydrogen-bond donors (Lipinski definition) is 0. The Morgan fingerprint density at radius 3 is 2.80 bits per heavy atom. The van der Waals surface area contributed by atoms with Crippen LogP contribution in [0, 0.1) is 15.9 Å². The molecule has 15 heavy (non-hydrogen) atoms. The number of benzene rings is 1. The Balaban J connectivity index is 2.95. The Bertz CT molecular complexity index is 405. The molecule has 0 saturated carbocycles. The lowest BCUT2D eigenvalue weighted by Gasteiger charge is -2.02. The summed E-state index contributed by atoms with van der Waals surface area (Å²) in [4.78, 5) is 24.7. The summed E-state index contributed by atoms with van der Waals surface area (Å²) in [5.41, 5.74) is 0.276. The first-order chi connectivity index (χ1) is 7.04. The van der Waals surface area contributed by atoms with Crippen LogP contribution in [0.4, 0.5) is 4.39 Å². The Kier molecular flexibility index (Phi) is 3.33. The molecule has 0 saturated heterocycles. The maximum atomic E-state index is 13.0. The van der Waals surface area contributed by atoms with Gasteiger partial charge in [0.1, 0.15) is 5.82 Å². The van der Waals surface area contributed by atoms with Crippen molar-refractivity contribution in [3.63, 3.8) is 0 Å². The number of hydrogen-bond acceptors (Lipinski definition) is 4. The third kappa shape index (κ3) is 2.73. The predicted molar refractivity (Wildman–Crippen MR) is 48.2 cm³/mol. The van der Waals surface area contributed by atoms with Crippen LogP contribution < -0.4 is 0 Å². The van der Waals surface area contributed by atoms with Gasteiger partial charge >= 0.3 is 11.1 Å². The quantitative estimate of drug-likeness (QED) is 0.566. The van der Waals surface area contributed by atoms with E-state index in [1.807, 2.05) is 0 Å². The summed E-state index contributed by atoms with van der Waals surface area (Å²) in [5.74, 6) is -1.55. The molecule has 1 rings (SSSR count). The van der Waals surface area contributed by atoms with Crippen LogP contribution >= 0.6 is 0 Å². The van der Waals surface area contributed by atoms with Crippen molar-refractivity contribution in [1.29, 1.82) is 0 Å². The normalized spacial score (nSPS) is 9.73. The fourth-order valence-corrected chi connectivity index (χ4v) is 1.09. The van der Waals surface area contributed by atoms with Gasteiger partial charge in [-0.15, -0.1) is 10.1 Å². The fraction of sp³-hybridized carbons (Fsp3) is 0.222. The Morgan fingerprint density at radius 1 is 1.60 bits per heavy atom. The van der Waals surface area contributed by atoms with E-state index in [-0.39, 0.29) is 5.56 Å². The number of carbonyl (C=O) groups excluding carboxylic acids is 1. The average molecular weight is 213 g/mol. The number of carbonyl (C=O) groups is 1. The molecule has 0 aliphatic carbocycles. The van der Waals surface area contributed by atoms with Crippen LogP contribution in [0.15, 0.2) is 18.2 Å². The first-order valence-electron chi connectivity index (χ1n) is 4.19. The topological polar surface area (TPSA) is 69.4 Å². The smallest absolute Gasteiger partial charge is 0.263 e. The van der Waals surface area contributed by atoms with E-state index in [4.69, 9.17) is 0 Å². The molecule has 80 valence electrons. The zero-order chi connectivity index (χ0) is 11.4. The Labute approximate surface area is 84.6 Å². The highest BCUT2D eigenvalue weighted by molar-refractivity contribution is 5.89. The van der Waals surface area contributed by atoms with Crippen LogP contribution in [0.2, 0.25) is 0 Å². The van der Waals surface area contributed by atoms with Gasteiger partial charge < -0.3 is 0 Å². The van der Waals surface area contributed by atoms with E-state index in [0.717, 1.165) is 12.1 Å². The van der Waals surface area contributed by atoms with Crippen LogP contribution in [-0.2, 0) is 11.3 Å². The van der Waals surface area contributed by atoms with E-state index in [2.05, 4.69) is 4.84 Å². The second-order valence-corrected chi connectivity index (χ2v) is 2.76. The molecule has 1 aromatic rings. The van der Waals surface area contributed by atoms with Crippen LogP contribution in [0.5, 0.6) is 0 Å². The second kappa shape index (κ2) is 4.50. The predicted octanol–water partition coefficient (Wildman–Crippen LogP) is 1.74. The standard InChI is InChI=1S/C9H8FNO4/c1-2-6-5-7(3-4-8(6)10)9(12)15-11(13)14/h3-5H,2H2,1H3. The minimum Gasteiger partial charge on any atom is -0.263 e. The van der Waals surface area contributed by atoms with Gasteiger partial charge in [-0.25, -0.2) is 9.23 Å². The van der Waals surface area contributed by atoms with Gasteiger partial charge in [0.2, 0.25) is 0 Å². The second-order valence-electron chi connectivity index (χ2n) is 2.76. The molecule has 0 radical (unpaired) electrons. The summed E-state index contributed by atoms with van der Waals surface area (Å²) < 4.78 is 13.0. The lowest BCUT2D eigenvalue weighted by molar-refractivity contribution is -0.727. The van der Waals surface area contributed by atoms with Gasteiger partial charge in [-0.2, -0.15) is 0 Å². The number of rotatable bonds is 3. The fourth-order valence-electron chi connectivity index (χ4n) is 1.09. The highest BCUT2D eigenvalue weighted by Gasteiger charge is 2.12. The Morgan fingerprint density at radius 2 is 2.27 bits per heavy atom. The molecule has 1 aromatic carbocycles. The van der Waals surface area contributed by atoms with Gasteiger partial charge in [0, 0.05) is 5.56 Å². The van der Waals surface area contributed by atoms with Crippen molar-refractivity contribution >= 4 is 5.97 Å². The van der Waals surface area contributed by atoms with Gasteiger partial charge in [-0.1, -0.05) is 6.92 Å². The molecule has 0 N–H and O–H groups in total. The summed E-state index contributed by atoms with van der Waals surface area (Å²) in [5, 5.41) is 8.70. The minimum absolute atomic E-state index is 0.0371. The average Bonchev–Trinajstić information content (AvgIpc) is 2.17. The first-order valence-corrected chi connectivity index (χ1v) is 4.19. The van der Waals surface area contributed by atoms with Crippen LogP contribution in [-0.4, -0.2) is 11.1 Å². The minimum atomic E-state index is -1.20.